The molecule has 6 nitrogen and oxygen atoms in total. The van der Waals surface area contributed by atoms with Crippen molar-refractivity contribution in [3.05, 3.63) is 0 Å². The van der Waals surface area contributed by atoms with Crippen LogP contribution < -0.4 is 0 Å². The van der Waals surface area contributed by atoms with Crippen molar-refractivity contribution < 1.29 is 19.1 Å². The summed E-state index contributed by atoms with van der Waals surface area (Å²) in [5, 5.41) is 1.93. The molecule has 0 aromatic heterocycles. The minimum absolute atomic E-state index is 0.214. The van der Waals surface area contributed by atoms with E-state index in [1.807, 2.05) is 0 Å². The number of hydrogen-bond donors (Lipinski definition) is 0. The fourth-order valence-electron chi connectivity index (χ4n) is 0.985. The van der Waals surface area contributed by atoms with Crippen molar-refractivity contribution in [3.8, 4) is 0 Å². The standard InChI is InChI=1S/C7H10N2O4/c1-3-13-7(12)9-4-5(10)6(11)8(9)2/h3-4H2,1-2H3. The predicted molar refractivity (Wildman–Crippen MR) is 41.5 cm³/mol. The molecule has 1 heterocycles. The third-order valence-electron chi connectivity index (χ3n) is 1.67. The van der Waals surface area contributed by atoms with E-state index >= 15 is 0 Å². The molecule has 1 fully saturated rings. The molecule has 0 N–H and O–H groups in total. The number of amides is 2. The first-order valence-electron chi connectivity index (χ1n) is 3.83. The number of hydrogen-bond acceptors (Lipinski definition) is 4. The lowest BCUT2D eigenvalue weighted by Crippen LogP contribution is -2.40. The lowest BCUT2D eigenvalue weighted by atomic mass is 10.4. The van der Waals surface area contributed by atoms with E-state index < -0.39 is 17.8 Å². The summed E-state index contributed by atoms with van der Waals surface area (Å²) in [7, 11) is 1.35. The van der Waals surface area contributed by atoms with Crippen LogP contribution in [0.3, 0.4) is 0 Å². The fourth-order valence-corrected chi connectivity index (χ4v) is 0.985. The summed E-state index contributed by atoms with van der Waals surface area (Å²) in [6.45, 7) is 1.64. The molecule has 1 aliphatic heterocycles. The maximum atomic E-state index is 11.1. The highest BCUT2D eigenvalue weighted by molar-refractivity contribution is 6.38. The van der Waals surface area contributed by atoms with E-state index in [1.54, 1.807) is 6.92 Å². The summed E-state index contributed by atoms with van der Waals surface area (Å²) in [5.41, 5.74) is 0. The van der Waals surface area contributed by atoms with Gasteiger partial charge in [0.15, 0.2) is 0 Å². The average molecular weight is 186 g/mol. The fraction of sp³-hybridized carbons (Fsp3) is 0.571. The monoisotopic (exact) mass is 186 g/mol. The van der Waals surface area contributed by atoms with Gasteiger partial charge in [0.25, 0.3) is 0 Å². The van der Waals surface area contributed by atoms with Crippen molar-refractivity contribution in [1.82, 2.24) is 10.0 Å². The molecule has 1 rings (SSSR count). The second kappa shape index (κ2) is 3.42. The number of rotatable bonds is 1. The number of ketones is 1. The molecular weight excluding hydrogens is 176 g/mol. The number of nitrogens with zero attached hydrogens (tertiary/aromatic N) is 2. The van der Waals surface area contributed by atoms with Gasteiger partial charge in [0, 0.05) is 7.05 Å². The SMILES string of the molecule is CCOC(=O)N1CC(=O)C(=O)N1C. The molecule has 0 aromatic carbocycles. The van der Waals surface area contributed by atoms with Crippen LogP contribution in [0.4, 0.5) is 4.79 Å². The average Bonchev–Trinajstić information content (AvgIpc) is 2.33. The smallest absolute Gasteiger partial charge is 0.429 e. The molecule has 2 amide bonds. The van der Waals surface area contributed by atoms with Crippen LogP contribution in [0, 0.1) is 0 Å². The van der Waals surface area contributed by atoms with Gasteiger partial charge in [-0.1, -0.05) is 0 Å². The van der Waals surface area contributed by atoms with Gasteiger partial charge in [0.05, 0.1) is 6.61 Å². The first-order chi connectivity index (χ1) is 6.07. The molecule has 72 valence electrons. The Kier molecular flexibility index (Phi) is 2.50. The third kappa shape index (κ3) is 1.61. The number of carbonyl (C=O) groups excluding carboxylic acids is 3. The maximum Gasteiger partial charge on any atom is 0.429 e. The Hall–Kier alpha value is -1.59. The van der Waals surface area contributed by atoms with Gasteiger partial charge in [-0.2, -0.15) is 0 Å². The van der Waals surface area contributed by atoms with Gasteiger partial charge in [0.1, 0.15) is 6.54 Å². The number of Topliss-reactive ketones (excluding diaryl/α,β-unsaturated/α-hetero) is 1. The van der Waals surface area contributed by atoms with Crippen molar-refractivity contribution in [2.24, 2.45) is 0 Å². The minimum Gasteiger partial charge on any atom is -0.448 e. The van der Waals surface area contributed by atoms with E-state index in [9.17, 15) is 14.4 Å². The molecular formula is C7H10N2O4. The van der Waals surface area contributed by atoms with Crippen LogP contribution in [0.1, 0.15) is 6.92 Å². The second-order valence-corrected chi connectivity index (χ2v) is 2.51. The molecule has 1 saturated heterocycles. The van der Waals surface area contributed by atoms with E-state index in [0.29, 0.717) is 0 Å². The van der Waals surface area contributed by atoms with Crippen molar-refractivity contribution in [3.63, 3.8) is 0 Å². The van der Waals surface area contributed by atoms with E-state index in [4.69, 9.17) is 0 Å². The van der Waals surface area contributed by atoms with Gasteiger partial charge in [0.2, 0.25) is 5.78 Å². The van der Waals surface area contributed by atoms with Gasteiger partial charge in [-0.25, -0.2) is 14.8 Å². The molecule has 0 saturated carbocycles. The highest BCUT2D eigenvalue weighted by Crippen LogP contribution is 2.07. The van der Waals surface area contributed by atoms with E-state index in [1.165, 1.54) is 7.05 Å². The van der Waals surface area contributed by atoms with Crippen LogP contribution in [0.15, 0.2) is 0 Å². The zero-order valence-corrected chi connectivity index (χ0v) is 7.44. The van der Waals surface area contributed by atoms with Crippen LogP contribution >= 0.6 is 0 Å². The summed E-state index contributed by atoms with van der Waals surface area (Å²) >= 11 is 0. The van der Waals surface area contributed by atoms with Crippen LogP contribution in [-0.4, -0.2) is 48.0 Å². The Morgan fingerprint density at radius 1 is 1.54 bits per heavy atom. The second-order valence-electron chi connectivity index (χ2n) is 2.51. The molecule has 0 unspecified atom stereocenters. The third-order valence-corrected chi connectivity index (χ3v) is 1.67. The van der Waals surface area contributed by atoms with Crippen molar-refractivity contribution in [1.29, 1.82) is 0 Å². The Morgan fingerprint density at radius 3 is 2.54 bits per heavy atom. The molecule has 1 aliphatic rings. The number of likely N-dealkylation sites (N-methyl/N-ethyl adjacent to an activating group) is 1. The number of carbonyl (C=O) groups is 3. The highest BCUT2D eigenvalue weighted by Gasteiger charge is 2.37. The Balaban J connectivity index is 2.68. The minimum atomic E-state index is -0.687. The largest absolute Gasteiger partial charge is 0.448 e. The normalized spacial score (nSPS) is 16.8. The Bertz CT molecular complexity index is 263. The molecule has 0 atom stereocenters. The van der Waals surface area contributed by atoms with Crippen molar-refractivity contribution in [2.45, 2.75) is 6.92 Å². The van der Waals surface area contributed by atoms with E-state index in [2.05, 4.69) is 4.74 Å². The van der Waals surface area contributed by atoms with Gasteiger partial charge in [-0.05, 0) is 6.92 Å². The molecule has 6 heteroatoms. The van der Waals surface area contributed by atoms with Crippen LogP contribution in [0.5, 0.6) is 0 Å². The zero-order chi connectivity index (χ0) is 10.0. The molecule has 0 aliphatic carbocycles. The van der Waals surface area contributed by atoms with Gasteiger partial charge < -0.3 is 4.74 Å². The van der Waals surface area contributed by atoms with Crippen molar-refractivity contribution in [2.75, 3.05) is 20.2 Å². The lowest BCUT2D eigenvalue weighted by Gasteiger charge is -2.21. The lowest BCUT2D eigenvalue weighted by molar-refractivity contribution is -0.141. The quantitative estimate of drug-likeness (QED) is 0.513. The van der Waals surface area contributed by atoms with Gasteiger partial charge in [-0.3, -0.25) is 9.59 Å². The van der Waals surface area contributed by atoms with Crippen LogP contribution in [0.2, 0.25) is 0 Å². The summed E-state index contributed by atoms with van der Waals surface area (Å²) in [5.74, 6) is -1.29. The maximum absolute atomic E-state index is 11.1. The highest BCUT2D eigenvalue weighted by atomic mass is 16.6. The van der Waals surface area contributed by atoms with Crippen LogP contribution in [-0.2, 0) is 14.3 Å². The number of hydrazine groups is 1. The molecule has 0 radical (unpaired) electrons. The summed E-state index contributed by atoms with van der Waals surface area (Å²) < 4.78 is 4.63. The molecule has 0 bridgehead atoms. The molecule has 0 aromatic rings. The van der Waals surface area contributed by atoms with Gasteiger partial charge in [-0.15, -0.1) is 0 Å². The van der Waals surface area contributed by atoms with Crippen molar-refractivity contribution >= 4 is 17.8 Å². The summed E-state index contributed by atoms with van der Waals surface area (Å²) in [6, 6.07) is 0. The molecule has 0 spiro atoms. The van der Waals surface area contributed by atoms with E-state index in [0.717, 1.165) is 10.0 Å². The first kappa shape index (κ1) is 9.50. The van der Waals surface area contributed by atoms with Gasteiger partial charge >= 0.3 is 12.0 Å². The Morgan fingerprint density at radius 2 is 2.15 bits per heavy atom. The zero-order valence-electron chi connectivity index (χ0n) is 7.44. The summed E-state index contributed by atoms with van der Waals surface area (Å²) in [4.78, 5) is 32.9. The first-order valence-corrected chi connectivity index (χ1v) is 3.83. The van der Waals surface area contributed by atoms with Crippen LogP contribution in [0.25, 0.3) is 0 Å². The number of ether oxygens (including phenoxy) is 1. The predicted octanol–water partition coefficient (Wildman–Crippen LogP) is -0.599. The molecule has 13 heavy (non-hydrogen) atoms. The summed E-state index contributed by atoms with van der Waals surface area (Å²) in [6.07, 6.45) is -0.677. The van der Waals surface area contributed by atoms with E-state index in [-0.39, 0.29) is 13.2 Å². The Labute approximate surface area is 75.0 Å². The topological polar surface area (TPSA) is 66.9 Å².